The summed E-state index contributed by atoms with van der Waals surface area (Å²) in [5.41, 5.74) is 0. The summed E-state index contributed by atoms with van der Waals surface area (Å²) in [6.45, 7) is 9.77. The van der Waals surface area contributed by atoms with Crippen molar-refractivity contribution in [2.24, 2.45) is 0 Å². The van der Waals surface area contributed by atoms with E-state index >= 15 is 0 Å². The molecule has 0 aromatic heterocycles. The van der Waals surface area contributed by atoms with E-state index in [4.69, 9.17) is 0 Å². The molecule has 18 heavy (non-hydrogen) atoms. The van der Waals surface area contributed by atoms with Gasteiger partial charge in [0.1, 0.15) is 0 Å². The monoisotopic (exact) mass is 258 g/mol. The minimum atomic E-state index is 1.18. The Balaban J connectivity index is 3.32. The summed E-state index contributed by atoms with van der Waals surface area (Å²) in [5.74, 6) is 0. The summed E-state index contributed by atoms with van der Waals surface area (Å²) < 4.78 is 2.37. The van der Waals surface area contributed by atoms with E-state index in [-0.39, 0.29) is 0 Å². The maximum absolute atomic E-state index is 2.34. The van der Waals surface area contributed by atoms with E-state index in [1.807, 2.05) is 0 Å². The molecule has 0 amide bonds. The molecule has 0 aliphatic rings. The first-order valence-electron chi connectivity index (χ1n) is 7.97. The molecule has 110 valence electrons. The van der Waals surface area contributed by atoms with Gasteiger partial charge >= 0.3 is 0 Å². The van der Waals surface area contributed by atoms with Gasteiger partial charge in [-0.1, -0.05) is 12.8 Å². The average Bonchev–Trinajstić information content (AvgIpc) is 2.32. The number of hydrogen-bond donors (Lipinski definition) is 0. The molecule has 0 aromatic carbocycles. The number of unbranched alkanes of at least 4 members (excludes halogenated alkanes) is 5. The minimum absolute atomic E-state index is 1.18. The molecule has 2 nitrogen and oxygen atoms in total. The minimum Gasteiger partial charge on any atom is -0.329 e. The van der Waals surface area contributed by atoms with Crippen LogP contribution in [0.5, 0.6) is 0 Å². The van der Waals surface area contributed by atoms with Gasteiger partial charge in [-0.05, 0) is 39.5 Å². The summed E-state index contributed by atoms with van der Waals surface area (Å²) in [4.78, 5) is 0. The molecule has 0 aromatic rings. The van der Waals surface area contributed by atoms with E-state index in [9.17, 15) is 0 Å². The Morgan fingerprint density at radius 3 is 1.06 bits per heavy atom. The lowest BCUT2D eigenvalue weighted by Crippen LogP contribution is -2.40. The lowest BCUT2D eigenvalue weighted by Gasteiger charge is -2.28. The van der Waals surface area contributed by atoms with Crippen LogP contribution in [0.3, 0.4) is 0 Å². The van der Waals surface area contributed by atoms with Crippen molar-refractivity contribution >= 4 is 0 Å². The van der Waals surface area contributed by atoms with E-state index < -0.39 is 0 Å². The fraction of sp³-hybridized carbons (Fsp3) is 1.00. The van der Waals surface area contributed by atoms with Crippen LogP contribution in [0.25, 0.3) is 0 Å². The van der Waals surface area contributed by atoms with Crippen LogP contribution in [0.2, 0.25) is 0 Å². The molecule has 0 radical (unpaired) electrons. The lowest BCUT2D eigenvalue weighted by atomic mass is 10.1. The van der Waals surface area contributed by atoms with Crippen molar-refractivity contribution in [1.82, 2.24) is 0 Å². The summed E-state index contributed by atoms with van der Waals surface area (Å²) in [7, 11) is 9.35. The van der Waals surface area contributed by atoms with Gasteiger partial charge in [-0.15, -0.1) is 0 Å². The van der Waals surface area contributed by atoms with Gasteiger partial charge < -0.3 is 8.97 Å². The van der Waals surface area contributed by atoms with Crippen molar-refractivity contribution in [3.63, 3.8) is 0 Å². The van der Waals surface area contributed by atoms with E-state index in [0.717, 1.165) is 0 Å². The molecule has 0 N–H and O–H groups in total. The fourth-order valence-corrected chi connectivity index (χ4v) is 2.10. The quantitative estimate of drug-likeness (QED) is 0.393. The third-order valence-electron chi connectivity index (χ3n) is 4.49. The molecular weight excluding hydrogens is 220 g/mol. The van der Waals surface area contributed by atoms with Gasteiger partial charge in [-0.25, -0.2) is 0 Å². The van der Waals surface area contributed by atoms with Crippen molar-refractivity contribution in [2.75, 3.05) is 54.4 Å². The molecule has 0 spiro atoms. The molecule has 0 atom stereocenters. The Morgan fingerprint density at radius 1 is 0.500 bits per heavy atom. The third-order valence-corrected chi connectivity index (χ3v) is 4.49. The van der Waals surface area contributed by atoms with Crippen LogP contribution in [-0.2, 0) is 0 Å². The number of nitrogens with zero attached hydrogens (tertiary/aromatic N) is 2. The topological polar surface area (TPSA) is 0 Å². The van der Waals surface area contributed by atoms with Gasteiger partial charge in [0.25, 0.3) is 0 Å². The molecule has 0 unspecified atom stereocenters. The van der Waals surface area contributed by atoms with E-state index in [2.05, 4.69) is 42.0 Å². The summed E-state index contributed by atoms with van der Waals surface area (Å²) >= 11 is 0. The number of quaternary nitrogens is 2. The smallest absolute Gasteiger partial charge is 0.0782 e. The lowest BCUT2D eigenvalue weighted by molar-refractivity contribution is -0.888. The maximum atomic E-state index is 2.34. The predicted molar refractivity (Wildman–Crippen MR) is 82.7 cm³/mol. The van der Waals surface area contributed by atoms with Crippen LogP contribution in [-0.4, -0.2) is 63.3 Å². The maximum Gasteiger partial charge on any atom is 0.0782 e. The molecule has 2 heteroatoms. The molecule has 0 heterocycles. The molecule has 0 saturated carbocycles. The molecule has 0 aliphatic carbocycles. The van der Waals surface area contributed by atoms with Gasteiger partial charge in [0.2, 0.25) is 0 Å². The highest BCUT2D eigenvalue weighted by atomic mass is 15.3. The second-order valence-electron chi connectivity index (χ2n) is 7.07. The largest absolute Gasteiger partial charge is 0.329 e. The zero-order valence-corrected chi connectivity index (χ0v) is 14.0. The second kappa shape index (κ2) is 8.92. The molecular formula is C16H38N2+2. The Bertz CT molecular complexity index is 175. The highest BCUT2D eigenvalue weighted by molar-refractivity contribution is 4.46. The molecule has 0 fully saturated rings. The van der Waals surface area contributed by atoms with Crippen molar-refractivity contribution in [3.8, 4) is 0 Å². The van der Waals surface area contributed by atoms with Crippen molar-refractivity contribution < 1.29 is 8.97 Å². The first kappa shape index (κ1) is 17.9. The highest BCUT2D eigenvalue weighted by Gasteiger charge is 2.11. The van der Waals surface area contributed by atoms with Crippen LogP contribution >= 0.6 is 0 Å². The van der Waals surface area contributed by atoms with Gasteiger partial charge in [0, 0.05) is 0 Å². The summed E-state index contributed by atoms with van der Waals surface area (Å²) in [5, 5.41) is 0. The Hall–Kier alpha value is -0.0800. The third kappa shape index (κ3) is 9.90. The zero-order chi connectivity index (χ0) is 14.1. The van der Waals surface area contributed by atoms with Gasteiger partial charge in [-0.3, -0.25) is 0 Å². The van der Waals surface area contributed by atoms with E-state index in [1.165, 1.54) is 73.7 Å². The first-order valence-corrected chi connectivity index (χ1v) is 7.97. The number of rotatable bonds is 11. The summed E-state index contributed by atoms with van der Waals surface area (Å²) in [6, 6.07) is 0. The van der Waals surface area contributed by atoms with E-state index in [1.54, 1.807) is 0 Å². The van der Waals surface area contributed by atoms with Crippen molar-refractivity contribution in [1.29, 1.82) is 0 Å². The fourth-order valence-electron chi connectivity index (χ4n) is 2.10. The van der Waals surface area contributed by atoms with Crippen LogP contribution in [0.1, 0.15) is 52.4 Å². The Labute approximate surface area is 116 Å². The first-order chi connectivity index (χ1) is 8.33. The molecule has 0 bridgehead atoms. The van der Waals surface area contributed by atoms with Crippen LogP contribution in [0.15, 0.2) is 0 Å². The van der Waals surface area contributed by atoms with Gasteiger partial charge in [-0.2, -0.15) is 0 Å². The molecule has 0 rings (SSSR count). The number of hydrogen-bond acceptors (Lipinski definition) is 0. The van der Waals surface area contributed by atoms with Gasteiger partial charge in [0.15, 0.2) is 0 Å². The predicted octanol–water partition coefficient (Wildman–Crippen LogP) is 3.52. The molecule has 0 saturated heterocycles. The van der Waals surface area contributed by atoms with Crippen molar-refractivity contribution in [2.45, 2.75) is 52.4 Å². The van der Waals surface area contributed by atoms with Gasteiger partial charge in [0.05, 0.1) is 54.4 Å². The van der Waals surface area contributed by atoms with Crippen LogP contribution in [0.4, 0.5) is 0 Å². The van der Waals surface area contributed by atoms with Crippen molar-refractivity contribution in [3.05, 3.63) is 0 Å². The SMILES string of the molecule is CC[N+](C)(C)CCCCCCCC[N+](C)(C)CC. The zero-order valence-electron chi connectivity index (χ0n) is 14.0. The molecule has 0 aliphatic heterocycles. The summed E-state index contributed by atoms with van der Waals surface area (Å²) in [6.07, 6.45) is 8.52. The van der Waals surface area contributed by atoms with Crippen LogP contribution in [0, 0.1) is 0 Å². The second-order valence-corrected chi connectivity index (χ2v) is 7.07. The highest BCUT2D eigenvalue weighted by Crippen LogP contribution is 2.09. The Morgan fingerprint density at radius 2 is 0.778 bits per heavy atom. The van der Waals surface area contributed by atoms with E-state index in [0.29, 0.717) is 0 Å². The Kier molecular flexibility index (Phi) is 8.89. The average molecular weight is 258 g/mol. The van der Waals surface area contributed by atoms with Crippen LogP contribution < -0.4 is 0 Å². The standard InChI is InChI=1S/C16H38N2/c1-7-17(3,4)15-13-11-9-10-12-14-16-18(5,6)8-2/h7-16H2,1-6H3/q+2. The normalized spacial score (nSPS) is 13.0.